The number of Topliss-reactive ketones (excluding diaryl/α,β-unsaturated/α-hetero) is 1. The first-order valence-electron chi connectivity index (χ1n) is 11.6. The Balaban J connectivity index is 1.49. The lowest BCUT2D eigenvalue weighted by molar-refractivity contribution is -0.121. The lowest BCUT2D eigenvalue weighted by Gasteiger charge is -2.19. The van der Waals surface area contributed by atoms with Crippen molar-refractivity contribution >= 4 is 5.78 Å². The fraction of sp³-hybridized carbons (Fsp3) is 0.385. The van der Waals surface area contributed by atoms with Crippen molar-refractivity contribution in [2.45, 2.75) is 58.4 Å². The van der Waals surface area contributed by atoms with Crippen LogP contribution in [0.25, 0.3) is 5.69 Å². The van der Waals surface area contributed by atoms with E-state index in [1.54, 1.807) is 0 Å². The Bertz CT molecular complexity index is 1400. The molecule has 2 heterocycles. The van der Waals surface area contributed by atoms with Gasteiger partial charge in [-0.3, -0.25) is 14.6 Å². The second kappa shape index (κ2) is 8.06. The van der Waals surface area contributed by atoms with Crippen molar-refractivity contribution in [2.24, 2.45) is 0 Å². The van der Waals surface area contributed by atoms with Crippen molar-refractivity contribution in [3.05, 3.63) is 79.1 Å². The average Bonchev–Trinajstić information content (AvgIpc) is 3.71. The standard InChI is InChI=1S/C26H28N4O4/c1-5-21(31)26(8-9-26)19-12-18(7-6-14(19)2)34-23-15(3)10-17(11-16(23)4)30-25(33)28-24(32)22(29-30)20-13-27-20/h6-7,10-12,20,27H,5,8-9,13H2,1-4H3,(H,28,32,33). The molecule has 1 saturated carbocycles. The molecule has 2 aliphatic rings. The highest BCUT2D eigenvalue weighted by atomic mass is 16.5. The van der Waals surface area contributed by atoms with Crippen molar-refractivity contribution < 1.29 is 9.53 Å². The molecule has 1 aliphatic carbocycles. The third-order valence-corrected chi connectivity index (χ3v) is 6.83. The quantitative estimate of drug-likeness (QED) is 0.523. The summed E-state index contributed by atoms with van der Waals surface area (Å²) in [5.74, 6) is 1.65. The van der Waals surface area contributed by atoms with Crippen LogP contribution in [0.1, 0.15) is 60.2 Å². The molecular formula is C26H28N4O4. The van der Waals surface area contributed by atoms with Gasteiger partial charge in [0.15, 0.2) is 0 Å². The minimum absolute atomic E-state index is 0.120. The Morgan fingerprint density at radius 2 is 1.79 bits per heavy atom. The molecule has 176 valence electrons. The van der Waals surface area contributed by atoms with Crippen molar-refractivity contribution in [1.82, 2.24) is 20.1 Å². The minimum atomic E-state index is -0.583. The summed E-state index contributed by atoms with van der Waals surface area (Å²) in [5, 5.41) is 7.35. The number of aromatic nitrogens is 3. The van der Waals surface area contributed by atoms with Crippen LogP contribution >= 0.6 is 0 Å². The lowest BCUT2D eigenvalue weighted by Crippen LogP contribution is -2.34. The maximum Gasteiger partial charge on any atom is 0.349 e. The summed E-state index contributed by atoms with van der Waals surface area (Å²) in [5.41, 5.74) is 3.25. The molecule has 3 aromatic rings. The minimum Gasteiger partial charge on any atom is -0.457 e. The molecule has 0 bridgehead atoms. The summed E-state index contributed by atoms with van der Waals surface area (Å²) in [4.78, 5) is 39.5. The molecule has 1 aliphatic heterocycles. The van der Waals surface area contributed by atoms with Gasteiger partial charge in [-0.05, 0) is 80.1 Å². The number of carbonyl (C=O) groups excluding carboxylic acids is 1. The van der Waals surface area contributed by atoms with Gasteiger partial charge in [0.25, 0.3) is 5.56 Å². The second-order valence-electron chi connectivity index (χ2n) is 9.36. The number of ketones is 1. The number of nitrogens with zero attached hydrogens (tertiary/aromatic N) is 2. The summed E-state index contributed by atoms with van der Waals surface area (Å²) in [6.45, 7) is 8.43. The van der Waals surface area contributed by atoms with E-state index in [-0.39, 0.29) is 17.2 Å². The van der Waals surface area contributed by atoms with Crippen LogP contribution in [0.2, 0.25) is 0 Å². The molecular weight excluding hydrogens is 432 g/mol. The summed E-state index contributed by atoms with van der Waals surface area (Å²) in [6.07, 6.45) is 2.30. The van der Waals surface area contributed by atoms with Crippen LogP contribution in [0.15, 0.2) is 39.9 Å². The van der Waals surface area contributed by atoms with Crippen molar-refractivity contribution in [2.75, 3.05) is 6.54 Å². The number of aryl methyl sites for hydroxylation is 3. The van der Waals surface area contributed by atoms with E-state index in [1.165, 1.54) is 4.68 Å². The highest BCUT2D eigenvalue weighted by Gasteiger charge is 2.50. The van der Waals surface area contributed by atoms with Gasteiger partial charge in [0.05, 0.1) is 17.1 Å². The third kappa shape index (κ3) is 3.77. The zero-order valence-electron chi connectivity index (χ0n) is 19.8. The molecule has 8 nitrogen and oxygen atoms in total. The van der Waals surface area contributed by atoms with E-state index < -0.39 is 11.2 Å². The Morgan fingerprint density at radius 1 is 1.12 bits per heavy atom. The number of H-pyrrole nitrogens is 1. The SMILES string of the molecule is CCC(=O)C1(c2cc(Oc3c(C)cc(-n4nc(C5CN5)c(=O)[nH]c4=O)cc3C)ccc2C)CC1. The van der Waals surface area contributed by atoms with Gasteiger partial charge in [-0.2, -0.15) is 9.78 Å². The van der Waals surface area contributed by atoms with Crippen LogP contribution in [0.5, 0.6) is 11.5 Å². The maximum atomic E-state index is 12.6. The lowest BCUT2D eigenvalue weighted by atomic mass is 9.87. The van der Waals surface area contributed by atoms with Gasteiger partial charge < -0.3 is 10.1 Å². The molecule has 1 unspecified atom stereocenters. The van der Waals surface area contributed by atoms with Gasteiger partial charge in [0.2, 0.25) is 0 Å². The van der Waals surface area contributed by atoms with Crippen LogP contribution in [0, 0.1) is 20.8 Å². The van der Waals surface area contributed by atoms with E-state index >= 15 is 0 Å². The van der Waals surface area contributed by atoms with E-state index in [0.29, 0.717) is 35.8 Å². The number of rotatable bonds is 7. The predicted octanol–water partition coefficient (Wildman–Crippen LogP) is 3.29. The number of ether oxygens (including phenoxy) is 1. The Labute approximate surface area is 197 Å². The fourth-order valence-corrected chi connectivity index (χ4v) is 4.74. The van der Waals surface area contributed by atoms with Crippen LogP contribution < -0.4 is 21.3 Å². The molecule has 0 spiro atoms. The molecule has 8 heteroatoms. The topological polar surface area (TPSA) is 116 Å². The molecule has 0 radical (unpaired) electrons. The molecule has 1 aromatic heterocycles. The first-order chi connectivity index (χ1) is 16.2. The van der Waals surface area contributed by atoms with Crippen LogP contribution in [-0.4, -0.2) is 27.1 Å². The molecule has 2 aromatic carbocycles. The van der Waals surface area contributed by atoms with Gasteiger partial charge in [0, 0.05) is 13.0 Å². The van der Waals surface area contributed by atoms with E-state index in [0.717, 1.165) is 35.1 Å². The van der Waals surface area contributed by atoms with Gasteiger partial charge >= 0.3 is 5.69 Å². The zero-order chi connectivity index (χ0) is 24.2. The monoisotopic (exact) mass is 460 g/mol. The summed E-state index contributed by atoms with van der Waals surface area (Å²) in [6, 6.07) is 9.43. The number of nitrogens with one attached hydrogen (secondary N) is 2. The Hall–Kier alpha value is -3.52. The molecule has 1 atom stereocenters. The number of benzene rings is 2. The smallest absolute Gasteiger partial charge is 0.349 e. The number of hydrogen-bond acceptors (Lipinski definition) is 6. The van der Waals surface area contributed by atoms with Gasteiger partial charge in [0.1, 0.15) is 23.0 Å². The number of hydrogen-bond donors (Lipinski definition) is 2. The van der Waals surface area contributed by atoms with Gasteiger partial charge in [-0.15, -0.1) is 0 Å². The van der Waals surface area contributed by atoms with E-state index in [4.69, 9.17) is 4.74 Å². The molecule has 2 N–H and O–H groups in total. The van der Waals surface area contributed by atoms with Gasteiger partial charge in [-0.25, -0.2) is 4.79 Å². The van der Waals surface area contributed by atoms with Crippen molar-refractivity contribution in [3.8, 4) is 17.2 Å². The summed E-state index contributed by atoms with van der Waals surface area (Å²) < 4.78 is 7.52. The van der Waals surface area contributed by atoms with Crippen LogP contribution in [-0.2, 0) is 10.2 Å². The normalized spacial score (nSPS) is 17.9. The zero-order valence-corrected chi connectivity index (χ0v) is 19.8. The predicted molar refractivity (Wildman–Crippen MR) is 128 cm³/mol. The van der Waals surface area contributed by atoms with E-state index in [9.17, 15) is 14.4 Å². The molecule has 0 amide bonds. The van der Waals surface area contributed by atoms with Crippen LogP contribution in [0.4, 0.5) is 0 Å². The molecule has 5 rings (SSSR count). The van der Waals surface area contributed by atoms with Crippen LogP contribution in [0.3, 0.4) is 0 Å². The highest BCUT2D eigenvalue weighted by Crippen LogP contribution is 2.51. The largest absolute Gasteiger partial charge is 0.457 e. The maximum absolute atomic E-state index is 12.6. The third-order valence-electron chi connectivity index (χ3n) is 6.83. The Morgan fingerprint density at radius 3 is 2.38 bits per heavy atom. The van der Waals surface area contributed by atoms with E-state index in [2.05, 4.69) is 15.4 Å². The highest BCUT2D eigenvalue weighted by molar-refractivity contribution is 5.93. The molecule has 34 heavy (non-hydrogen) atoms. The molecule has 1 saturated heterocycles. The van der Waals surface area contributed by atoms with Crippen molar-refractivity contribution in [1.29, 1.82) is 0 Å². The van der Waals surface area contributed by atoms with Crippen molar-refractivity contribution in [3.63, 3.8) is 0 Å². The Kier molecular flexibility index (Phi) is 5.28. The first-order valence-corrected chi connectivity index (χ1v) is 11.6. The summed E-state index contributed by atoms with van der Waals surface area (Å²) in [7, 11) is 0. The first kappa shape index (κ1) is 22.3. The second-order valence-corrected chi connectivity index (χ2v) is 9.36. The number of carbonyl (C=O) groups is 1. The average molecular weight is 461 g/mol. The fourth-order valence-electron chi connectivity index (χ4n) is 4.74. The number of aromatic amines is 1. The molecule has 2 fully saturated rings. The van der Waals surface area contributed by atoms with E-state index in [1.807, 2.05) is 58.0 Å². The van der Waals surface area contributed by atoms with Gasteiger partial charge in [-0.1, -0.05) is 13.0 Å². The summed E-state index contributed by atoms with van der Waals surface area (Å²) >= 11 is 0.